The largest absolute Gasteiger partial charge is 0.416 e. The molecule has 1 amide bonds. The molecule has 0 atom stereocenters. The van der Waals surface area contributed by atoms with Gasteiger partial charge in [0.15, 0.2) is 0 Å². The zero-order valence-corrected chi connectivity index (χ0v) is 8.82. The normalized spacial score (nSPS) is 11.6. The van der Waals surface area contributed by atoms with Gasteiger partial charge in [0.25, 0.3) is 5.91 Å². The van der Waals surface area contributed by atoms with E-state index >= 15 is 0 Å². The van der Waals surface area contributed by atoms with Crippen molar-refractivity contribution in [2.75, 3.05) is 0 Å². The molecular formula is C11H7F3N2O2. The van der Waals surface area contributed by atoms with Gasteiger partial charge >= 0.3 is 6.18 Å². The number of hydroxylamine groups is 1. The van der Waals surface area contributed by atoms with Crippen LogP contribution >= 0.6 is 0 Å². The minimum absolute atomic E-state index is 0.0600. The van der Waals surface area contributed by atoms with Gasteiger partial charge in [0.05, 0.1) is 16.6 Å². The number of amides is 1. The summed E-state index contributed by atoms with van der Waals surface area (Å²) in [6, 6.07) is 4.37. The van der Waals surface area contributed by atoms with Crippen molar-refractivity contribution < 1.29 is 23.2 Å². The van der Waals surface area contributed by atoms with Crippen LogP contribution in [-0.4, -0.2) is 16.1 Å². The third kappa shape index (κ3) is 2.25. The van der Waals surface area contributed by atoms with Crippen molar-refractivity contribution in [3.63, 3.8) is 0 Å². The molecule has 2 N–H and O–H groups in total. The first kappa shape index (κ1) is 12.3. The number of rotatable bonds is 1. The van der Waals surface area contributed by atoms with Gasteiger partial charge in [0.1, 0.15) is 0 Å². The second kappa shape index (κ2) is 4.26. The highest BCUT2D eigenvalue weighted by Crippen LogP contribution is 2.30. The summed E-state index contributed by atoms with van der Waals surface area (Å²) in [5.74, 6) is -0.774. The van der Waals surface area contributed by atoms with Gasteiger partial charge in [-0.3, -0.25) is 15.0 Å². The monoisotopic (exact) mass is 256 g/mol. The molecule has 94 valence electrons. The Morgan fingerprint density at radius 1 is 1.28 bits per heavy atom. The summed E-state index contributed by atoms with van der Waals surface area (Å²) in [5.41, 5.74) is 0.803. The van der Waals surface area contributed by atoms with E-state index in [9.17, 15) is 18.0 Å². The molecule has 0 bridgehead atoms. The fourth-order valence-corrected chi connectivity index (χ4v) is 1.49. The number of hydrogen-bond acceptors (Lipinski definition) is 3. The summed E-state index contributed by atoms with van der Waals surface area (Å²) in [5, 5.41) is 8.81. The molecule has 7 heteroatoms. The minimum Gasteiger partial charge on any atom is -0.288 e. The standard InChI is InChI=1S/C11H7F3N2O2/c12-11(13,14)8-2-1-6-3-7(10(17)16-18)5-15-9(6)4-8/h1-5,18H,(H,16,17). The highest BCUT2D eigenvalue weighted by atomic mass is 19.4. The molecule has 2 aromatic rings. The van der Waals surface area contributed by atoms with E-state index in [1.807, 2.05) is 0 Å². The van der Waals surface area contributed by atoms with E-state index in [1.54, 1.807) is 0 Å². The van der Waals surface area contributed by atoms with Crippen molar-refractivity contribution >= 4 is 16.8 Å². The van der Waals surface area contributed by atoms with Gasteiger partial charge in [0.2, 0.25) is 0 Å². The van der Waals surface area contributed by atoms with Crippen molar-refractivity contribution in [3.8, 4) is 0 Å². The molecule has 0 fully saturated rings. The van der Waals surface area contributed by atoms with E-state index in [2.05, 4.69) is 4.98 Å². The maximum absolute atomic E-state index is 12.5. The van der Waals surface area contributed by atoms with Crippen LogP contribution in [0.25, 0.3) is 10.9 Å². The SMILES string of the molecule is O=C(NO)c1cnc2cc(C(F)(F)F)ccc2c1. The predicted molar refractivity (Wildman–Crippen MR) is 56.0 cm³/mol. The van der Waals surface area contributed by atoms with Gasteiger partial charge in [-0.2, -0.15) is 13.2 Å². The number of fused-ring (bicyclic) bond motifs is 1. The first-order valence-corrected chi connectivity index (χ1v) is 4.83. The Balaban J connectivity index is 2.52. The highest BCUT2D eigenvalue weighted by molar-refractivity contribution is 5.96. The first-order valence-electron chi connectivity index (χ1n) is 4.83. The molecule has 1 aromatic carbocycles. The van der Waals surface area contributed by atoms with Crippen LogP contribution in [0.15, 0.2) is 30.5 Å². The van der Waals surface area contributed by atoms with Gasteiger partial charge in [-0.25, -0.2) is 5.48 Å². The summed E-state index contributed by atoms with van der Waals surface area (Å²) in [6.07, 6.45) is -3.34. The summed E-state index contributed by atoms with van der Waals surface area (Å²) >= 11 is 0. The molecule has 0 saturated heterocycles. The molecule has 0 aliphatic heterocycles. The van der Waals surface area contributed by atoms with Crippen LogP contribution in [0.2, 0.25) is 0 Å². The summed E-state index contributed by atoms with van der Waals surface area (Å²) in [7, 11) is 0. The maximum atomic E-state index is 12.5. The van der Waals surface area contributed by atoms with Crippen molar-refractivity contribution in [2.24, 2.45) is 0 Å². The predicted octanol–water partition coefficient (Wildman–Crippen LogP) is 2.37. The van der Waals surface area contributed by atoms with E-state index in [-0.39, 0.29) is 11.1 Å². The lowest BCUT2D eigenvalue weighted by Gasteiger charge is -2.07. The Bertz CT molecular complexity index is 611. The molecule has 4 nitrogen and oxygen atoms in total. The molecule has 0 unspecified atom stereocenters. The number of pyridine rings is 1. The second-order valence-corrected chi connectivity index (χ2v) is 3.57. The molecular weight excluding hydrogens is 249 g/mol. The number of carbonyl (C=O) groups is 1. The van der Waals surface area contributed by atoms with Crippen LogP contribution in [0.3, 0.4) is 0 Å². The molecule has 2 rings (SSSR count). The van der Waals surface area contributed by atoms with Crippen LogP contribution in [0.5, 0.6) is 0 Å². The average molecular weight is 256 g/mol. The van der Waals surface area contributed by atoms with Gasteiger partial charge in [0, 0.05) is 11.6 Å². The summed E-state index contributed by atoms with van der Waals surface area (Å²) in [4.78, 5) is 14.9. The molecule has 0 saturated carbocycles. The molecule has 0 spiro atoms. The summed E-state index contributed by atoms with van der Waals surface area (Å²) < 4.78 is 37.4. The van der Waals surface area contributed by atoms with E-state index in [4.69, 9.17) is 5.21 Å². The van der Waals surface area contributed by atoms with Crippen molar-refractivity contribution in [1.29, 1.82) is 0 Å². The number of alkyl halides is 3. The third-order valence-corrected chi connectivity index (χ3v) is 2.38. The fraction of sp³-hybridized carbons (Fsp3) is 0.0909. The number of halogens is 3. The maximum Gasteiger partial charge on any atom is 0.416 e. The highest BCUT2D eigenvalue weighted by Gasteiger charge is 2.30. The van der Waals surface area contributed by atoms with Crippen molar-refractivity contribution in [3.05, 3.63) is 41.6 Å². The summed E-state index contributed by atoms with van der Waals surface area (Å²) in [6.45, 7) is 0. The van der Waals surface area contributed by atoms with Crippen molar-refractivity contribution in [2.45, 2.75) is 6.18 Å². The van der Waals surface area contributed by atoms with Crippen LogP contribution in [-0.2, 0) is 6.18 Å². The Morgan fingerprint density at radius 2 is 2.00 bits per heavy atom. The lowest BCUT2D eigenvalue weighted by molar-refractivity contribution is -0.137. The van der Waals surface area contributed by atoms with Gasteiger partial charge < -0.3 is 0 Å². The zero-order valence-electron chi connectivity index (χ0n) is 8.82. The molecule has 18 heavy (non-hydrogen) atoms. The van der Waals surface area contributed by atoms with Crippen LogP contribution in [0.1, 0.15) is 15.9 Å². The number of nitrogens with zero attached hydrogens (tertiary/aromatic N) is 1. The third-order valence-electron chi connectivity index (χ3n) is 2.38. The van der Waals surface area contributed by atoms with Crippen LogP contribution in [0, 0.1) is 0 Å². The Kier molecular flexibility index (Phi) is 2.92. The first-order chi connectivity index (χ1) is 8.41. The fourth-order valence-electron chi connectivity index (χ4n) is 1.49. The lowest BCUT2D eigenvalue weighted by atomic mass is 10.1. The number of carbonyl (C=O) groups excluding carboxylic acids is 1. The van der Waals surface area contributed by atoms with E-state index < -0.39 is 17.6 Å². The molecule has 0 aliphatic rings. The van der Waals surface area contributed by atoms with Gasteiger partial charge in [-0.05, 0) is 18.2 Å². The van der Waals surface area contributed by atoms with Crippen LogP contribution in [0.4, 0.5) is 13.2 Å². The number of hydrogen-bond donors (Lipinski definition) is 2. The Morgan fingerprint density at radius 3 is 2.61 bits per heavy atom. The Hall–Kier alpha value is -2.15. The van der Waals surface area contributed by atoms with E-state index in [0.29, 0.717) is 5.39 Å². The van der Waals surface area contributed by atoms with Crippen molar-refractivity contribution in [1.82, 2.24) is 10.5 Å². The minimum atomic E-state index is -4.43. The van der Waals surface area contributed by atoms with Crippen LogP contribution < -0.4 is 5.48 Å². The quantitative estimate of drug-likeness (QED) is 0.608. The smallest absolute Gasteiger partial charge is 0.288 e. The zero-order chi connectivity index (χ0) is 13.3. The Labute approximate surface area is 99.0 Å². The van der Waals surface area contributed by atoms with Gasteiger partial charge in [-0.1, -0.05) is 6.07 Å². The topological polar surface area (TPSA) is 62.2 Å². The number of benzene rings is 1. The average Bonchev–Trinajstić information content (AvgIpc) is 2.35. The van der Waals surface area contributed by atoms with E-state index in [1.165, 1.54) is 17.6 Å². The number of aromatic nitrogens is 1. The molecule has 0 radical (unpaired) electrons. The van der Waals surface area contributed by atoms with Gasteiger partial charge in [-0.15, -0.1) is 0 Å². The second-order valence-electron chi connectivity index (χ2n) is 3.57. The lowest BCUT2D eigenvalue weighted by Crippen LogP contribution is -2.18. The number of nitrogens with one attached hydrogen (secondary N) is 1. The molecule has 1 aromatic heterocycles. The molecule has 0 aliphatic carbocycles. The molecule has 1 heterocycles. The van der Waals surface area contributed by atoms with E-state index in [0.717, 1.165) is 18.3 Å².